The SMILES string of the molecule is CCN(Cc1ccc(C)c(C)c1)CC1CCCNC1. The molecule has 2 rings (SSSR count). The van der Waals surface area contributed by atoms with Gasteiger partial charge in [-0.2, -0.15) is 0 Å². The molecule has 1 N–H and O–H groups in total. The molecule has 0 radical (unpaired) electrons. The summed E-state index contributed by atoms with van der Waals surface area (Å²) < 4.78 is 0. The minimum atomic E-state index is 0.834. The number of hydrogen-bond acceptors (Lipinski definition) is 2. The van der Waals surface area contributed by atoms with Crippen LogP contribution in [0.5, 0.6) is 0 Å². The molecular weight excluding hydrogens is 232 g/mol. The predicted molar refractivity (Wildman–Crippen MR) is 82.5 cm³/mol. The molecule has 19 heavy (non-hydrogen) atoms. The van der Waals surface area contributed by atoms with Crippen LogP contribution in [0.3, 0.4) is 0 Å². The van der Waals surface area contributed by atoms with Crippen molar-refractivity contribution >= 4 is 0 Å². The average Bonchev–Trinajstić information content (AvgIpc) is 2.43. The molecule has 2 heteroatoms. The van der Waals surface area contributed by atoms with Gasteiger partial charge in [-0.3, -0.25) is 4.90 Å². The fourth-order valence-electron chi connectivity index (χ4n) is 2.91. The molecule has 1 atom stereocenters. The van der Waals surface area contributed by atoms with E-state index < -0.39 is 0 Å². The van der Waals surface area contributed by atoms with Crippen molar-refractivity contribution in [2.24, 2.45) is 5.92 Å². The zero-order chi connectivity index (χ0) is 13.7. The van der Waals surface area contributed by atoms with Crippen LogP contribution in [-0.4, -0.2) is 31.1 Å². The van der Waals surface area contributed by atoms with Crippen LogP contribution in [0.25, 0.3) is 0 Å². The van der Waals surface area contributed by atoms with Gasteiger partial charge < -0.3 is 5.32 Å². The molecule has 1 heterocycles. The first-order valence-electron chi connectivity index (χ1n) is 7.68. The summed E-state index contributed by atoms with van der Waals surface area (Å²) in [6, 6.07) is 6.88. The van der Waals surface area contributed by atoms with E-state index in [1.165, 1.54) is 49.2 Å². The first-order chi connectivity index (χ1) is 9.19. The fraction of sp³-hybridized carbons (Fsp3) is 0.647. The van der Waals surface area contributed by atoms with Gasteiger partial charge in [-0.1, -0.05) is 25.1 Å². The summed E-state index contributed by atoms with van der Waals surface area (Å²) in [5.74, 6) is 0.834. The van der Waals surface area contributed by atoms with E-state index in [-0.39, 0.29) is 0 Å². The van der Waals surface area contributed by atoms with Gasteiger partial charge in [0, 0.05) is 13.1 Å². The van der Waals surface area contributed by atoms with E-state index in [2.05, 4.69) is 49.2 Å². The second kappa shape index (κ2) is 7.06. The minimum Gasteiger partial charge on any atom is -0.316 e. The normalized spacial score (nSPS) is 19.9. The highest BCUT2D eigenvalue weighted by atomic mass is 15.1. The van der Waals surface area contributed by atoms with Crippen molar-refractivity contribution in [3.05, 3.63) is 34.9 Å². The third-order valence-corrected chi connectivity index (χ3v) is 4.34. The van der Waals surface area contributed by atoms with Crippen molar-refractivity contribution in [3.63, 3.8) is 0 Å². The number of aryl methyl sites for hydroxylation is 2. The van der Waals surface area contributed by atoms with Crippen LogP contribution in [0.1, 0.15) is 36.5 Å². The molecular formula is C17H28N2. The quantitative estimate of drug-likeness (QED) is 0.875. The number of nitrogens with one attached hydrogen (secondary N) is 1. The topological polar surface area (TPSA) is 15.3 Å². The lowest BCUT2D eigenvalue weighted by molar-refractivity contribution is 0.209. The van der Waals surface area contributed by atoms with Crippen molar-refractivity contribution in [1.82, 2.24) is 10.2 Å². The van der Waals surface area contributed by atoms with E-state index >= 15 is 0 Å². The highest BCUT2D eigenvalue weighted by Gasteiger charge is 2.16. The van der Waals surface area contributed by atoms with E-state index in [0.29, 0.717) is 0 Å². The number of rotatable bonds is 5. The molecule has 0 saturated carbocycles. The van der Waals surface area contributed by atoms with Gasteiger partial charge in [0.05, 0.1) is 0 Å². The summed E-state index contributed by atoms with van der Waals surface area (Å²) in [5.41, 5.74) is 4.25. The Morgan fingerprint density at radius 3 is 2.74 bits per heavy atom. The summed E-state index contributed by atoms with van der Waals surface area (Å²) in [6.07, 6.45) is 2.72. The molecule has 1 aromatic rings. The summed E-state index contributed by atoms with van der Waals surface area (Å²) >= 11 is 0. The second-order valence-electron chi connectivity index (χ2n) is 5.96. The first-order valence-corrected chi connectivity index (χ1v) is 7.68. The van der Waals surface area contributed by atoms with E-state index in [1.807, 2.05) is 0 Å². The highest BCUT2D eigenvalue weighted by Crippen LogP contribution is 2.15. The monoisotopic (exact) mass is 260 g/mol. The molecule has 1 aromatic carbocycles. The maximum atomic E-state index is 3.52. The first kappa shape index (κ1) is 14.5. The lowest BCUT2D eigenvalue weighted by Crippen LogP contribution is -2.38. The average molecular weight is 260 g/mol. The van der Waals surface area contributed by atoms with Crippen molar-refractivity contribution in [3.8, 4) is 0 Å². The minimum absolute atomic E-state index is 0.834. The molecule has 0 amide bonds. The lowest BCUT2D eigenvalue weighted by atomic mass is 9.98. The van der Waals surface area contributed by atoms with E-state index in [1.54, 1.807) is 0 Å². The molecule has 1 fully saturated rings. The van der Waals surface area contributed by atoms with E-state index in [0.717, 1.165) is 19.0 Å². The Bertz CT molecular complexity index is 394. The van der Waals surface area contributed by atoms with Crippen molar-refractivity contribution < 1.29 is 0 Å². The molecule has 0 bridgehead atoms. The third kappa shape index (κ3) is 4.32. The summed E-state index contributed by atoms with van der Waals surface area (Å²) in [5, 5.41) is 3.52. The second-order valence-corrected chi connectivity index (χ2v) is 5.96. The van der Waals surface area contributed by atoms with Crippen molar-refractivity contribution in [1.29, 1.82) is 0 Å². The van der Waals surface area contributed by atoms with Crippen LogP contribution in [-0.2, 0) is 6.54 Å². The summed E-state index contributed by atoms with van der Waals surface area (Å²) in [6.45, 7) is 12.5. The summed E-state index contributed by atoms with van der Waals surface area (Å²) in [7, 11) is 0. The van der Waals surface area contributed by atoms with Gasteiger partial charge in [-0.25, -0.2) is 0 Å². The maximum Gasteiger partial charge on any atom is 0.0233 e. The van der Waals surface area contributed by atoms with Crippen LogP contribution in [0.15, 0.2) is 18.2 Å². The van der Waals surface area contributed by atoms with Gasteiger partial charge in [0.25, 0.3) is 0 Å². The zero-order valence-electron chi connectivity index (χ0n) is 12.7. The maximum absolute atomic E-state index is 3.52. The Morgan fingerprint density at radius 2 is 2.11 bits per heavy atom. The zero-order valence-corrected chi connectivity index (χ0v) is 12.7. The van der Waals surface area contributed by atoms with Crippen LogP contribution in [0.2, 0.25) is 0 Å². The van der Waals surface area contributed by atoms with Gasteiger partial charge in [0.2, 0.25) is 0 Å². The molecule has 0 aliphatic carbocycles. The van der Waals surface area contributed by atoms with E-state index in [9.17, 15) is 0 Å². The van der Waals surface area contributed by atoms with Crippen LogP contribution >= 0.6 is 0 Å². The molecule has 0 aromatic heterocycles. The van der Waals surface area contributed by atoms with Gasteiger partial charge in [0.1, 0.15) is 0 Å². The molecule has 1 unspecified atom stereocenters. The Balaban J connectivity index is 1.92. The molecule has 1 saturated heterocycles. The van der Waals surface area contributed by atoms with Gasteiger partial charge in [0.15, 0.2) is 0 Å². The van der Waals surface area contributed by atoms with Crippen LogP contribution in [0.4, 0.5) is 0 Å². The molecule has 2 nitrogen and oxygen atoms in total. The molecule has 106 valence electrons. The largest absolute Gasteiger partial charge is 0.316 e. The predicted octanol–water partition coefficient (Wildman–Crippen LogP) is 3.12. The van der Waals surface area contributed by atoms with Gasteiger partial charge in [-0.15, -0.1) is 0 Å². The lowest BCUT2D eigenvalue weighted by Gasteiger charge is -2.29. The Hall–Kier alpha value is -0.860. The molecule has 1 aliphatic rings. The van der Waals surface area contributed by atoms with Crippen LogP contribution in [0, 0.1) is 19.8 Å². The van der Waals surface area contributed by atoms with Gasteiger partial charge in [-0.05, 0) is 68.9 Å². The number of nitrogens with zero attached hydrogens (tertiary/aromatic N) is 1. The number of benzene rings is 1. The van der Waals surface area contributed by atoms with E-state index in [4.69, 9.17) is 0 Å². The highest BCUT2D eigenvalue weighted by molar-refractivity contribution is 5.29. The summed E-state index contributed by atoms with van der Waals surface area (Å²) in [4.78, 5) is 2.59. The number of hydrogen-bond donors (Lipinski definition) is 1. The van der Waals surface area contributed by atoms with Crippen molar-refractivity contribution in [2.75, 3.05) is 26.2 Å². The Kier molecular flexibility index (Phi) is 5.41. The Morgan fingerprint density at radius 1 is 1.26 bits per heavy atom. The molecule has 1 aliphatic heterocycles. The van der Waals surface area contributed by atoms with Crippen LogP contribution < -0.4 is 5.32 Å². The smallest absolute Gasteiger partial charge is 0.0233 e. The fourth-order valence-corrected chi connectivity index (χ4v) is 2.91. The van der Waals surface area contributed by atoms with Gasteiger partial charge >= 0.3 is 0 Å². The van der Waals surface area contributed by atoms with Crippen molar-refractivity contribution in [2.45, 2.75) is 40.2 Å². The number of piperidine rings is 1. The molecule has 0 spiro atoms. The third-order valence-electron chi connectivity index (χ3n) is 4.34. The standard InChI is InChI=1S/C17H28N2/c1-4-19(13-17-6-5-9-18-11-17)12-16-8-7-14(2)15(3)10-16/h7-8,10,17-18H,4-6,9,11-13H2,1-3H3. The Labute approximate surface area is 118 Å².